The van der Waals surface area contributed by atoms with E-state index in [0.717, 1.165) is 27.4 Å². The summed E-state index contributed by atoms with van der Waals surface area (Å²) in [5, 5.41) is 5.53. The molecular formula is C33H26N2O5. The summed E-state index contributed by atoms with van der Waals surface area (Å²) in [6.45, 7) is 4.85. The number of aromatic nitrogens is 1. The van der Waals surface area contributed by atoms with Crippen molar-refractivity contribution in [2.75, 3.05) is 6.61 Å². The molecular weight excluding hydrogens is 504 g/mol. The highest BCUT2D eigenvalue weighted by atomic mass is 16.7. The third-order valence-corrected chi connectivity index (χ3v) is 7.29. The zero-order valence-corrected chi connectivity index (χ0v) is 22.1. The van der Waals surface area contributed by atoms with E-state index in [0.29, 0.717) is 34.5 Å². The summed E-state index contributed by atoms with van der Waals surface area (Å²) in [6, 6.07) is 25.3. The Labute approximate surface area is 230 Å². The lowest BCUT2D eigenvalue weighted by Crippen LogP contribution is -2.15. The van der Waals surface area contributed by atoms with E-state index < -0.39 is 5.97 Å². The largest absolute Gasteiger partial charge is 0.492 e. The van der Waals surface area contributed by atoms with E-state index >= 15 is 0 Å². The lowest BCUT2D eigenvalue weighted by atomic mass is 9.97. The van der Waals surface area contributed by atoms with Gasteiger partial charge >= 0.3 is 5.97 Å². The molecule has 0 aliphatic carbocycles. The van der Waals surface area contributed by atoms with Crippen LogP contribution >= 0.6 is 0 Å². The number of fused-ring (bicyclic) bond motifs is 5. The van der Waals surface area contributed by atoms with E-state index in [2.05, 4.69) is 16.6 Å². The third-order valence-electron chi connectivity index (χ3n) is 7.29. The first-order valence-electron chi connectivity index (χ1n) is 13.2. The van der Waals surface area contributed by atoms with Gasteiger partial charge in [0.15, 0.2) is 5.78 Å². The lowest BCUT2D eigenvalue weighted by molar-refractivity contribution is 0.0514. The number of Topliss-reactive ketones (excluding diaryl/α,β-unsaturated/α-hetero) is 1. The standard InChI is InChI=1S/C33H26N2O5/c1-3-35-27-15-13-22(30(36)23-12-8-7-9-20(23)2)19-25(27)29-28(35)16-14-24-31(37)26(17-18-39-32(24)29)34-40-33(38)21-10-5-4-6-11-21/h4-16,19H,3,17-18H2,1-2H3/b34-26+. The van der Waals surface area contributed by atoms with Crippen LogP contribution in [0, 0.1) is 6.92 Å². The Morgan fingerprint density at radius 2 is 1.68 bits per heavy atom. The van der Waals surface area contributed by atoms with Crippen molar-refractivity contribution in [2.24, 2.45) is 5.16 Å². The van der Waals surface area contributed by atoms with Gasteiger partial charge in [0.1, 0.15) is 11.5 Å². The highest BCUT2D eigenvalue weighted by molar-refractivity contribution is 6.47. The van der Waals surface area contributed by atoms with Gasteiger partial charge in [-0.2, -0.15) is 0 Å². The van der Waals surface area contributed by atoms with Gasteiger partial charge in [-0.15, -0.1) is 0 Å². The first-order chi connectivity index (χ1) is 19.5. The van der Waals surface area contributed by atoms with Crippen LogP contribution in [0.15, 0.2) is 90.1 Å². The number of ketones is 2. The average molecular weight is 531 g/mol. The first kappa shape index (κ1) is 25.2. The van der Waals surface area contributed by atoms with Gasteiger partial charge in [-0.25, -0.2) is 4.79 Å². The molecule has 7 nitrogen and oxygen atoms in total. The predicted octanol–water partition coefficient (Wildman–Crippen LogP) is 6.53. The highest BCUT2D eigenvalue weighted by Gasteiger charge is 2.28. The molecule has 0 bridgehead atoms. The van der Waals surface area contributed by atoms with Crippen LogP contribution in [0.25, 0.3) is 21.8 Å². The van der Waals surface area contributed by atoms with Gasteiger partial charge < -0.3 is 14.1 Å². The quantitative estimate of drug-likeness (QED) is 0.146. The number of hydrogen-bond donors (Lipinski definition) is 0. The highest BCUT2D eigenvalue weighted by Crippen LogP contribution is 2.40. The van der Waals surface area contributed by atoms with Crippen molar-refractivity contribution in [2.45, 2.75) is 26.8 Å². The summed E-state index contributed by atoms with van der Waals surface area (Å²) in [7, 11) is 0. The van der Waals surface area contributed by atoms with Crippen LogP contribution < -0.4 is 4.74 Å². The van der Waals surface area contributed by atoms with Crippen LogP contribution in [0.1, 0.15) is 55.5 Å². The van der Waals surface area contributed by atoms with Gasteiger partial charge in [0.05, 0.1) is 28.6 Å². The summed E-state index contributed by atoms with van der Waals surface area (Å²) in [5.74, 6) is -0.621. The van der Waals surface area contributed by atoms with Gasteiger partial charge in [-0.1, -0.05) is 47.6 Å². The molecule has 4 aromatic carbocycles. The van der Waals surface area contributed by atoms with Crippen LogP contribution in [-0.4, -0.2) is 34.4 Å². The Kier molecular flexibility index (Phi) is 6.48. The first-order valence-corrected chi connectivity index (χ1v) is 13.2. The Hall–Kier alpha value is -5.04. The number of ether oxygens (including phenoxy) is 1. The number of hydrogen-bond acceptors (Lipinski definition) is 6. The second-order valence-corrected chi connectivity index (χ2v) is 9.67. The van der Waals surface area contributed by atoms with E-state index in [9.17, 15) is 14.4 Å². The normalized spacial score (nSPS) is 14.2. The molecule has 0 atom stereocenters. The van der Waals surface area contributed by atoms with Crippen molar-refractivity contribution < 1.29 is 24.0 Å². The SMILES string of the molecule is CCn1c2ccc(C(=O)c3ccccc3C)cc2c2c3c(ccc21)C(=O)/C(=N/OC(=O)c1ccccc1)CCO3. The van der Waals surface area contributed by atoms with Gasteiger partial charge in [-0.05, 0) is 61.9 Å². The molecule has 1 aromatic heterocycles. The minimum absolute atomic E-state index is 0.0638. The molecule has 0 spiro atoms. The molecule has 5 aromatic rings. The summed E-state index contributed by atoms with van der Waals surface area (Å²) in [6.07, 6.45) is 0.181. The van der Waals surface area contributed by atoms with Crippen LogP contribution in [0.5, 0.6) is 5.75 Å². The molecule has 40 heavy (non-hydrogen) atoms. The zero-order valence-electron chi connectivity index (χ0n) is 22.1. The number of oxime groups is 1. The predicted molar refractivity (Wildman–Crippen MR) is 153 cm³/mol. The van der Waals surface area contributed by atoms with Gasteiger partial charge in [0, 0.05) is 35.0 Å². The Bertz CT molecular complexity index is 1850. The van der Waals surface area contributed by atoms with Gasteiger partial charge in [0.2, 0.25) is 5.78 Å². The molecule has 0 N–H and O–H groups in total. The molecule has 2 heterocycles. The third kappa shape index (κ3) is 4.25. The molecule has 7 heteroatoms. The van der Waals surface area contributed by atoms with E-state index in [1.165, 1.54) is 0 Å². The molecule has 0 saturated carbocycles. The fourth-order valence-electron chi connectivity index (χ4n) is 5.28. The van der Waals surface area contributed by atoms with Crippen LogP contribution in [-0.2, 0) is 11.4 Å². The summed E-state index contributed by atoms with van der Waals surface area (Å²) < 4.78 is 8.32. The lowest BCUT2D eigenvalue weighted by Gasteiger charge is -2.09. The molecule has 0 unspecified atom stereocenters. The number of rotatable bonds is 5. The van der Waals surface area contributed by atoms with Crippen molar-refractivity contribution in [3.63, 3.8) is 0 Å². The summed E-state index contributed by atoms with van der Waals surface area (Å²) in [4.78, 5) is 44.5. The number of aryl methyl sites for hydroxylation is 2. The minimum Gasteiger partial charge on any atom is -0.492 e. The van der Waals surface area contributed by atoms with Crippen molar-refractivity contribution >= 4 is 45.1 Å². The van der Waals surface area contributed by atoms with E-state index in [1.54, 1.807) is 36.4 Å². The van der Waals surface area contributed by atoms with Gasteiger partial charge in [-0.3, -0.25) is 9.59 Å². The molecule has 0 amide bonds. The molecule has 1 aliphatic rings. The van der Waals surface area contributed by atoms with E-state index in [-0.39, 0.29) is 30.3 Å². The van der Waals surface area contributed by atoms with Crippen molar-refractivity contribution in [1.82, 2.24) is 4.57 Å². The number of nitrogens with zero attached hydrogens (tertiary/aromatic N) is 2. The van der Waals surface area contributed by atoms with Crippen molar-refractivity contribution in [3.05, 3.63) is 113 Å². The van der Waals surface area contributed by atoms with Crippen LogP contribution in [0.2, 0.25) is 0 Å². The second kappa shape index (κ2) is 10.3. The molecule has 0 fully saturated rings. The van der Waals surface area contributed by atoms with E-state index in [4.69, 9.17) is 9.57 Å². The Balaban J connectivity index is 1.45. The molecule has 0 saturated heterocycles. The smallest absolute Gasteiger partial charge is 0.365 e. The molecule has 0 radical (unpaired) electrons. The van der Waals surface area contributed by atoms with Crippen LogP contribution in [0.3, 0.4) is 0 Å². The minimum atomic E-state index is -0.640. The summed E-state index contributed by atoms with van der Waals surface area (Å²) >= 11 is 0. The Morgan fingerprint density at radius 3 is 2.45 bits per heavy atom. The van der Waals surface area contributed by atoms with Crippen molar-refractivity contribution in [3.8, 4) is 5.75 Å². The van der Waals surface area contributed by atoms with E-state index in [1.807, 2.05) is 55.5 Å². The van der Waals surface area contributed by atoms with Gasteiger partial charge in [0.25, 0.3) is 0 Å². The Morgan fingerprint density at radius 1 is 0.925 bits per heavy atom. The zero-order chi connectivity index (χ0) is 27.8. The second-order valence-electron chi connectivity index (χ2n) is 9.67. The number of carbonyl (C=O) groups is 3. The number of benzene rings is 4. The maximum Gasteiger partial charge on any atom is 0.365 e. The summed E-state index contributed by atoms with van der Waals surface area (Å²) in [5.41, 5.74) is 4.75. The molecule has 198 valence electrons. The number of carbonyl (C=O) groups excluding carboxylic acids is 3. The average Bonchev–Trinajstić information content (AvgIpc) is 3.22. The topological polar surface area (TPSA) is 87.0 Å². The fraction of sp³-hybridized carbons (Fsp3) is 0.152. The maximum absolute atomic E-state index is 13.6. The van der Waals surface area contributed by atoms with Crippen molar-refractivity contribution in [1.29, 1.82) is 0 Å². The maximum atomic E-state index is 13.6. The monoisotopic (exact) mass is 530 g/mol. The van der Waals surface area contributed by atoms with Crippen LogP contribution in [0.4, 0.5) is 0 Å². The molecule has 1 aliphatic heterocycles. The fourth-order valence-corrected chi connectivity index (χ4v) is 5.28. The molecule has 6 rings (SSSR count).